The van der Waals surface area contributed by atoms with Crippen LogP contribution in [-0.2, 0) is 41.5 Å². The first-order valence-electron chi connectivity index (χ1n) is 21.0. The highest BCUT2D eigenvalue weighted by Gasteiger charge is 2.35. The second-order valence-electron chi connectivity index (χ2n) is 16.7. The van der Waals surface area contributed by atoms with Crippen molar-refractivity contribution in [3.05, 3.63) is 57.7 Å². The summed E-state index contributed by atoms with van der Waals surface area (Å²) in [7, 11) is 1.73. The number of hydrogen-bond donors (Lipinski definition) is 2. The van der Waals surface area contributed by atoms with Crippen molar-refractivity contribution in [1.29, 1.82) is 0 Å². The Morgan fingerprint density at radius 2 is 2.03 bits per heavy atom. The number of rotatable bonds is 16. The van der Waals surface area contributed by atoms with Gasteiger partial charge < -0.3 is 29.2 Å². The van der Waals surface area contributed by atoms with Gasteiger partial charge >= 0.3 is 0 Å². The van der Waals surface area contributed by atoms with Crippen molar-refractivity contribution < 1.29 is 28.5 Å². The number of aryl methyl sites for hydroxylation is 1. The molecule has 1 aromatic carbocycles. The van der Waals surface area contributed by atoms with Gasteiger partial charge in [-0.05, 0) is 94.7 Å². The van der Waals surface area contributed by atoms with Crippen molar-refractivity contribution in [3.63, 3.8) is 0 Å². The van der Waals surface area contributed by atoms with Gasteiger partial charge in [0.2, 0.25) is 0 Å². The lowest BCUT2D eigenvalue weighted by Gasteiger charge is -2.42. The molecule has 3 saturated heterocycles. The predicted octanol–water partition coefficient (Wildman–Crippen LogP) is 6.41. The Bertz CT molecular complexity index is 2040. The molecule has 58 heavy (non-hydrogen) atoms. The lowest BCUT2D eigenvalue weighted by molar-refractivity contribution is -0.141. The van der Waals surface area contributed by atoms with Crippen LogP contribution in [0.1, 0.15) is 100 Å². The van der Waals surface area contributed by atoms with E-state index in [2.05, 4.69) is 73.1 Å². The van der Waals surface area contributed by atoms with Crippen LogP contribution in [0.5, 0.6) is 0 Å². The normalized spacial score (nSPS) is 20.8. The molecule has 0 saturated carbocycles. The summed E-state index contributed by atoms with van der Waals surface area (Å²) in [6, 6.07) is 8.42. The minimum Gasteiger partial charge on any atom is -0.467 e. The summed E-state index contributed by atoms with van der Waals surface area (Å²) in [6.45, 7) is 17.3. The maximum atomic E-state index is 13.4. The Balaban J connectivity index is 1.32. The number of hydrazine groups is 1. The fourth-order valence-corrected chi connectivity index (χ4v) is 9.96. The average Bonchev–Trinajstić information content (AvgIpc) is 3.86. The number of pyridine rings is 1. The molecule has 3 aromatic heterocycles. The van der Waals surface area contributed by atoms with Gasteiger partial charge in [-0.2, -0.15) is 0 Å². The molecular formula is C44H61N7O6S. The topological polar surface area (TPSA) is 146 Å². The van der Waals surface area contributed by atoms with E-state index >= 15 is 0 Å². The van der Waals surface area contributed by atoms with Crippen LogP contribution >= 0.6 is 11.3 Å². The largest absolute Gasteiger partial charge is 0.467 e. The first-order chi connectivity index (χ1) is 28.1. The number of piperidine rings is 1. The molecule has 0 radical (unpaired) electrons. The number of thiazole rings is 1. The van der Waals surface area contributed by atoms with Crippen LogP contribution in [0.4, 0.5) is 0 Å². The Morgan fingerprint density at radius 3 is 2.78 bits per heavy atom. The zero-order chi connectivity index (χ0) is 41.0. The fourth-order valence-electron chi connectivity index (χ4n) is 9.04. The van der Waals surface area contributed by atoms with Crippen LogP contribution in [0.3, 0.4) is 0 Å². The third kappa shape index (κ3) is 8.89. The third-order valence-corrected chi connectivity index (χ3v) is 13.1. The van der Waals surface area contributed by atoms with Crippen LogP contribution in [-0.4, -0.2) is 109 Å². The number of carbonyl (C=O) groups excluding carboxylic acids is 2. The number of hydrogen-bond acceptors (Lipinski definition) is 12. The van der Waals surface area contributed by atoms with Gasteiger partial charge in [0.05, 0.1) is 43.0 Å². The molecule has 5 atom stereocenters. The molecule has 0 aliphatic carbocycles. The molecule has 3 aliphatic heterocycles. The number of nitrogens with zero attached hydrogens (tertiary/aromatic N) is 5. The number of amides is 1. The van der Waals surface area contributed by atoms with E-state index in [4.69, 9.17) is 34.6 Å². The first-order valence-corrected chi connectivity index (χ1v) is 21.9. The van der Waals surface area contributed by atoms with Crippen molar-refractivity contribution in [3.8, 4) is 22.5 Å². The van der Waals surface area contributed by atoms with E-state index in [0.717, 1.165) is 110 Å². The van der Waals surface area contributed by atoms with E-state index < -0.39 is 12.1 Å². The van der Waals surface area contributed by atoms with E-state index in [1.165, 1.54) is 16.9 Å². The number of fused-ring (bicyclic) bond motifs is 2. The Kier molecular flexibility index (Phi) is 13.6. The monoisotopic (exact) mass is 815 g/mol. The van der Waals surface area contributed by atoms with Gasteiger partial charge in [-0.3, -0.25) is 24.5 Å². The summed E-state index contributed by atoms with van der Waals surface area (Å²) in [6.07, 6.45) is 5.86. The molecule has 0 spiro atoms. The van der Waals surface area contributed by atoms with E-state index in [9.17, 15) is 9.59 Å². The molecule has 0 unspecified atom stereocenters. The van der Waals surface area contributed by atoms with Crippen molar-refractivity contribution in [1.82, 2.24) is 29.9 Å². The first kappa shape index (κ1) is 42.4. The summed E-state index contributed by atoms with van der Waals surface area (Å²) in [4.78, 5) is 37.7. The zero-order valence-corrected chi connectivity index (χ0v) is 35.8. The highest BCUT2D eigenvalue weighted by atomic mass is 32.1. The number of carbonyl (C=O) groups is 2. The van der Waals surface area contributed by atoms with Crippen molar-refractivity contribution in [2.75, 3.05) is 59.7 Å². The molecule has 0 bridgehead atoms. The number of nitrogens with two attached hydrogens (primary N) is 1. The highest BCUT2D eigenvalue weighted by Crippen LogP contribution is 2.44. The van der Waals surface area contributed by atoms with Gasteiger partial charge in [-0.1, -0.05) is 19.9 Å². The van der Waals surface area contributed by atoms with Crippen LogP contribution in [0.2, 0.25) is 0 Å². The van der Waals surface area contributed by atoms with Crippen molar-refractivity contribution >= 4 is 34.6 Å². The van der Waals surface area contributed by atoms with Crippen LogP contribution in [0.15, 0.2) is 35.8 Å². The lowest BCUT2D eigenvalue weighted by atomic mass is 9.82. The van der Waals surface area contributed by atoms with E-state index in [1.807, 2.05) is 12.3 Å². The van der Waals surface area contributed by atoms with Crippen molar-refractivity contribution in [2.45, 2.75) is 103 Å². The van der Waals surface area contributed by atoms with Crippen molar-refractivity contribution in [2.24, 2.45) is 11.1 Å². The third-order valence-electron chi connectivity index (χ3n) is 12.2. The molecule has 3 aliphatic rings. The quantitative estimate of drug-likeness (QED) is 0.121. The lowest BCUT2D eigenvalue weighted by Crippen LogP contribution is -2.55. The van der Waals surface area contributed by atoms with Gasteiger partial charge in [-0.15, -0.1) is 11.3 Å². The summed E-state index contributed by atoms with van der Waals surface area (Å²) in [5.74, 6) is 0.177. The fraction of sp³-hybridized carbons (Fsp3) is 0.591. The SMILES string of the molecule is CCO[C@H](c1nc(-c2ccc3c(c2)c(CC(C)(C)COC=O)c(-c2cc([C@H]4CCN5CCOC[C@@H]5C4)cnc2[C@H](C)OC)n3CC)cs1)[C@H](N)C(=O)N1CCCCN1. The van der Waals surface area contributed by atoms with Gasteiger partial charge in [0.15, 0.2) is 0 Å². The van der Waals surface area contributed by atoms with E-state index in [-0.39, 0.29) is 24.0 Å². The zero-order valence-electron chi connectivity index (χ0n) is 35.0. The molecule has 314 valence electrons. The number of methoxy groups -OCH3 is 1. The summed E-state index contributed by atoms with van der Waals surface area (Å²) < 4.78 is 25.8. The van der Waals surface area contributed by atoms with Gasteiger partial charge in [0, 0.05) is 85.0 Å². The van der Waals surface area contributed by atoms with E-state index in [0.29, 0.717) is 43.0 Å². The molecule has 4 aromatic rings. The predicted molar refractivity (Wildman–Crippen MR) is 226 cm³/mol. The molecule has 14 heteroatoms. The van der Waals surface area contributed by atoms with Gasteiger partial charge in [0.1, 0.15) is 17.2 Å². The van der Waals surface area contributed by atoms with Crippen LogP contribution in [0, 0.1) is 5.41 Å². The molecular weight excluding hydrogens is 755 g/mol. The second-order valence-corrected chi connectivity index (χ2v) is 17.6. The van der Waals surface area contributed by atoms with Crippen LogP contribution in [0.25, 0.3) is 33.4 Å². The maximum absolute atomic E-state index is 13.4. The number of benzene rings is 1. The highest BCUT2D eigenvalue weighted by molar-refractivity contribution is 7.10. The second kappa shape index (κ2) is 18.7. The molecule has 3 N–H and O–H groups in total. The average molecular weight is 816 g/mol. The van der Waals surface area contributed by atoms with Crippen LogP contribution < -0.4 is 11.2 Å². The Morgan fingerprint density at radius 1 is 1.19 bits per heavy atom. The standard InChI is InChI=1S/C44H61N7O6S/c1-7-50-37-12-11-30(36-25-58-42(48-36)41(57-8-2)38(45)43(53)51-15-10-9-14-47-51)20-33(37)35(22-44(4,5)26-56-27-52)40(50)34-21-31(23-46-39(34)28(3)54-6)29-13-16-49-17-18-55-24-32(49)19-29/h11-12,20-21,23,25,27-29,32,38,41,47H,7-10,13-19,22,24,26,45H2,1-6H3/t28-,29-,32-,38-,41-/m0/s1. The number of ether oxygens (including phenoxy) is 4. The Hall–Kier alpha value is -3.76. The van der Waals surface area contributed by atoms with Gasteiger partial charge in [-0.25, -0.2) is 10.4 Å². The minimum atomic E-state index is -0.896. The minimum absolute atomic E-state index is 0.190. The molecule has 7 rings (SSSR count). The summed E-state index contributed by atoms with van der Waals surface area (Å²) >= 11 is 1.46. The summed E-state index contributed by atoms with van der Waals surface area (Å²) in [5, 5.41) is 5.41. The molecule has 1 amide bonds. The number of morpholine rings is 1. The van der Waals surface area contributed by atoms with Gasteiger partial charge in [0.25, 0.3) is 12.4 Å². The molecule has 13 nitrogen and oxygen atoms in total. The molecule has 3 fully saturated rings. The molecule has 6 heterocycles. The smallest absolute Gasteiger partial charge is 0.293 e. The summed E-state index contributed by atoms with van der Waals surface area (Å²) in [5.41, 5.74) is 17.7. The number of aromatic nitrogens is 3. The number of nitrogens with one attached hydrogen (secondary N) is 1. The maximum Gasteiger partial charge on any atom is 0.293 e. The Labute approximate surface area is 346 Å². The van der Waals surface area contributed by atoms with E-state index in [1.54, 1.807) is 12.1 Å².